The summed E-state index contributed by atoms with van der Waals surface area (Å²) in [5.41, 5.74) is 4.88. The highest BCUT2D eigenvalue weighted by molar-refractivity contribution is 7.93. The molecular formula is C21H23N3O3S2. The average molecular weight is 430 g/mol. The number of rotatable bonds is 5. The quantitative estimate of drug-likeness (QED) is 0.613. The Labute approximate surface area is 175 Å². The number of hydrogen-bond donors (Lipinski definition) is 2. The van der Waals surface area contributed by atoms with Gasteiger partial charge in [0.2, 0.25) is 0 Å². The Bertz CT molecular complexity index is 1180. The van der Waals surface area contributed by atoms with E-state index in [1.165, 1.54) is 0 Å². The van der Waals surface area contributed by atoms with Crippen LogP contribution in [0.2, 0.25) is 0 Å². The van der Waals surface area contributed by atoms with Crippen LogP contribution in [0.1, 0.15) is 37.6 Å². The molecule has 152 valence electrons. The predicted octanol–water partition coefficient (Wildman–Crippen LogP) is 4.74. The molecule has 0 spiro atoms. The third-order valence-corrected chi connectivity index (χ3v) is 7.02. The maximum Gasteiger partial charge on any atom is 0.267 e. The third-order valence-electron chi connectivity index (χ3n) is 4.32. The molecule has 0 aliphatic rings. The van der Waals surface area contributed by atoms with Crippen LogP contribution in [0.25, 0.3) is 0 Å². The molecule has 0 bridgehead atoms. The Kier molecular flexibility index (Phi) is 5.77. The number of aryl methyl sites for hydroxylation is 5. The van der Waals surface area contributed by atoms with Crippen molar-refractivity contribution in [3.8, 4) is 0 Å². The first-order chi connectivity index (χ1) is 13.5. The van der Waals surface area contributed by atoms with Crippen LogP contribution in [0.4, 0.5) is 10.8 Å². The molecule has 6 nitrogen and oxygen atoms in total. The van der Waals surface area contributed by atoms with E-state index < -0.39 is 10.0 Å². The molecule has 0 radical (unpaired) electrons. The van der Waals surface area contributed by atoms with Crippen molar-refractivity contribution in [2.45, 2.75) is 39.5 Å². The summed E-state index contributed by atoms with van der Waals surface area (Å²) in [6, 6.07) is 10.9. The van der Waals surface area contributed by atoms with E-state index in [-0.39, 0.29) is 15.9 Å². The topological polar surface area (TPSA) is 88.2 Å². The zero-order chi connectivity index (χ0) is 21.3. The molecule has 1 heterocycles. The Balaban J connectivity index is 1.83. The van der Waals surface area contributed by atoms with Crippen molar-refractivity contribution in [2.24, 2.45) is 0 Å². The van der Waals surface area contributed by atoms with Crippen molar-refractivity contribution in [2.75, 3.05) is 10.0 Å². The molecular weight excluding hydrogens is 406 g/mol. The monoisotopic (exact) mass is 429 g/mol. The highest BCUT2D eigenvalue weighted by Gasteiger charge is 2.22. The lowest BCUT2D eigenvalue weighted by Crippen LogP contribution is -2.14. The van der Waals surface area contributed by atoms with Gasteiger partial charge in [0, 0.05) is 5.69 Å². The fraction of sp³-hybridized carbons (Fsp3) is 0.238. The molecule has 3 aromatic rings. The van der Waals surface area contributed by atoms with Gasteiger partial charge in [-0.25, -0.2) is 13.4 Å². The second kappa shape index (κ2) is 7.96. The van der Waals surface area contributed by atoms with E-state index in [0.29, 0.717) is 21.8 Å². The van der Waals surface area contributed by atoms with Crippen molar-refractivity contribution in [3.63, 3.8) is 0 Å². The van der Waals surface area contributed by atoms with Gasteiger partial charge in [0.05, 0.1) is 10.6 Å². The maximum absolute atomic E-state index is 12.7. The average Bonchev–Trinajstić information content (AvgIpc) is 2.93. The van der Waals surface area contributed by atoms with Crippen LogP contribution < -0.4 is 10.0 Å². The molecule has 29 heavy (non-hydrogen) atoms. The fourth-order valence-corrected chi connectivity index (χ4v) is 5.48. The van der Waals surface area contributed by atoms with Crippen LogP contribution >= 0.6 is 11.3 Å². The second-order valence-corrected chi connectivity index (χ2v) is 9.79. The van der Waals surface area contributed by atoms with E-state index in [2.05, 4.69) is 15.0 Å². The summed E-state index contributed by atoms with van der Waals surface area (Å²) in [7, 11) is -3.79. The molecule has 1 aromatic heterocycles. The number of anilines is 2. The van der Waals surface area contributed by atoms with Gasteiger partial charge in [-0.2, -0.15) is 0 Å². The van der Waals surface area contributed by atoms with Gasteiger partial charge in [-0.1, -0.05) is 35.1 Å². The van der Waals surface area contributed by atoms with Crippen molar-refractivity contribution in [3.05, 3.63) is 69.2 Å². The summed E-state index contributed by atoms with van der Waals surface area (Å²) in [5, 5.41) is 3.02. The molecule has 0 saturated heterocycles. The smallest absolute Gasteiger partial charge is 0.267 e. The molecule has 0 saturated carbocycles. The molecule has 0 aliphatic heterocycles. The van der Waals surface area contributed by atoms with E-state index in [0.717, 1.165) is 28.0 Å². The van der Waals surface area contributed by atoms with Crippen LogP contribution in [-0.4, -0.2) is 19.3 Å². The number of sulfonamides is 1. The number of benzene rings is 2. The molecule has 2 N–H and O–H groups in total. The molecule has 1 amide bonds. The zero-order valence-electron chi connectivity index (χ0n) is 17.0. The number of amides is 1. The number of carbonyl (C=O) groups is 1. The molecule has 8 heteroatoms. The summed E-state index contributed by atoms with van der Waals surface area (Å²) in [6.07, 6.45) is 0. The lowest BCUT2D eigenvalue weighted by atomic mass is 10.1. The Morgan fingerprint density at radius 1 is 0.931 bits per heavy atom. The first-order valence-electron chi connectivity index (χ1n) is 9.02. The summed E-state index contributed by atoms with van der Waals surface area (Å²) in [4.78, 5) is 17.5. The van der Waals surface area contributed by atoms with Gasteiger partial charge in [-0.3, -0.25) is 9.52 Å². The number of nitrogens with one attached hydrogen (secondary N) is 2. The van der Waals surface area contributed by atoms with Crippen LogP contribution in [0, 0.1) is 34.6 Å². The first kappa shape index (κ1) is 21.0. The summed E-state index contributed by atoms with van der Waals surface area (Å²) in [6.45, 7) is 9.25. The van der Waals surface area contributed by atoms with Crippen LogP contribution in [0.15, 0.2) is 41.3 Å². The van der Waals surface area contributed by atoms with Gasteiger partial charge in [-0.05, 0) is 69.5 Å². The first-order valence-corrected chi connectivity index (χ1v) is 11.3. The summed E-state index contributed by atoms with van der Waals surface area (Å²) >= 11 is 1.01. The summed E-state index contributed by atoms with van der Waals surface area (Å²) in [5.74, 6) is -0.318. The van der Waals surface area contributed by atoms with Gasteiger partial charge in [0.1, 0.15) is 4.88 Å². The van der Waals surface area contributed by atoms with Crippen molar-refractivity contribution in [1.29, 1.82) is 0 Å². The second-order valence-electron chi connectivity index (χ2n) is 7.14. The van der Waals surface area contributed by atoms with E-state index in [1.807, 2.05) is 45.0 Å². The predicted molar refractivity (Wildman–Crippen MR) is 117 cm³/mol. The van der Waals surface area contributed by atoms with Crippen molar-refractivity contribution >= 4 is 38.1 Å². The fourth-order valence-electron chi connectivity index (χ4n) is 3.16. The van der Waals surface area contributed by atoms with E-state index in [9.17, 15) is 13.2 Å². The number of aromatic nitrogens is 1. The number of thiazole rings is 1. The minimum absolute atomic E-state index is 0.160. The summed E-state index contributed by atoms with van der Waals surface area (Å²) < 4.78 is 28.0. The highest BCUT2D eigenvalue weighted by atomic mass is 32.2. The van der Waals surface area contributed by atoms with Crippen LogP contribution in [0.5, 0.6) is 0 Å². The minimum Gasteiger partial charge on any atom is -0.321 e. The molecule has 2 aromatic carbocycles. The van der Waals surface area contributed by atoms with E-state index >= 15 is 0 Å². The van der Waals surface area contributed by atoms with E-state index in [1.54, 1.807) is 26.0 Å². The molecule has 3 rings (SSSR count). The van der Waals surface area contributed by atoms with Gasteiger partial charge >= 0.3 is 0 Å². The molecule has 0 fully saturated rings. The van der Waals surface area contributed by atoms with Gasteiger partial charge < -0.3 is 5.32 Å². The van der Waals surface area contributed by atoms with Crippen LogP contribution in [0.3, 0.4) is 0 Å². The number of hydrogen-bond acceptors (Lipinski definition) is 5. The lowest BCUT2D eigenvalue weighted by molar-refractivity contribution is 0.103. The minimum atomic E-state index is -3.79. The molecule has 0 aliphatic carbocycles. The van der Waals surface area contributed by atoms with Crippen molar-refractivity contribution < 1.29 is 13.2 Å². The largest absolute Gasteiger partial charge is 0.321 e. The Morgan fingerprint density at radius 2 is 1.59 bits per heavy atom. The van der Waals surface area contributed by atoms with Crippen LogP contribution in [-0.2, 0) is 10.0 Å². The molecule has 0 unspecified atom stereocenters. The number of carbonyl (C=O) groups excluding carboxylic acids is 1. The number of nitrogens with zero attached hydrogens (tertiary/aromatic N) is 1. The maximum atomic E-state index is 12.7. The SMILES string of the molecule is Cc1cc(C)cc(NC(=O)c2sc(NS(=O)(=O)c3ccc(C)cc3C)nc2C)c1. The van der Waals surface area contributed by atoms with Gasteiger partial charge in [-0.15, -0.1) is 0 Å². The molecule has 0 atom stereocenters. The Hall–Kier alpha value is -2.71. The zero-order valence-corrected chi connectivity index (χ0v) is 18.6. The van der Waals surface area contributed by atoms with Gasteiger partial charge in [0.25, 0.3) is 15.9 Å². The standard InChI is InChI=1S/C21H23N3O3S2/c1-12-6-7-18(15(4)9-12)29(26,27)24-21-22-16(5)19(28-21)20(25)23-17-10-13(2)8-14(3)11-17/h6-11H,1-5H3,(H,22,24)(H,23,25). The van der Waals surface area contributed by atoms with E-state index in [4.69, 9.17) is 0 Å². The van der Waals surface area contributed by atoms with Gasteiger partial charge in [0.15, 0.2) is 5.13 Å². The Morgan fingerprint density at radius 3 is 2.21 bits per heavy atom. The normalized spacial score (nSPS) is 11.3. The third kappa shape index (κ3) is 4.83. The highest BCUT2D eigenvalue weighted by Crippen LogP contribution is 2.27. The van der Waals surface area contributed by atoms with Crippen molar-refractivity contribution in [1.82, 2.24) is 4.98 Å². The lowest BCUT2D eigenvalue weighted by Gasteiger charge is -2.08.